The number of rotatable bonds is 3. The number of aromatic amines is 1. The lowest BCUT2D eigenvalue weighted by molar-refractivity contribution is -0.129. The van der Waals surface area contributed by atoms with E-state index in [4.69, 9.17) is 5.73 Å². The fraction of sp³-hybridized carbons (Fsp3) is 0.211. The zero-order valence-corrected chi connectivity index (χ0v) is 15.5. The number of para-hydroxylation sites is 1. The maximum absolute atomic E-state index is 12.8. The number of fused-ring (bicyclic) bond motifs is 2. The van der Waals surface area contributed by atoms with Gasteiger partial charge < -0.3 is 20.9 Å². The molecule has 3 amide bonds. The molecule has 0 bridgehead atoms. The Morgan fingerprint density at radius 1 is 1.26 bits per heavy atom. The first-order valence-corrected chi connectivity index (χ1v) is 9.34. The van der Waals surface area contributed by atoms with Crippen LogP contribution in [0.3, 0.4) is 0 Å². The lowest BCUT2D eigenvalue weighted by Crippen LogP contribution is -2.34. The molecule has 0 radical (unpaired) electrons. The fourth-order valence-corrected chi connectivity index (χ4v) is 4.71. The normalized spacial score (nSPS) is 13.4. The van der Waals surface area contributed by atoms with E-state index in [2.05, 4.69) is 10.3 Å². The van der Waals surface area contributed by atoms with Gasteiger partial charge in [-0.15, -0.1) is 11.3 Å². The monoisotopic (exact) mass is 382 g/mol. The van der Waals surface area contributed by atoms with E-state index in [9.17, 15) is 14.4 Å². The number of thiophene rings is 1. The molecule has 8 heteroatoms. The average molecular weight is 382 g/mol. The van der Waals surface area contributed by atoms with Crippen molar-refractivity contribution in [1.29, 1.82) is 0 Å². The number of carbonyl (C=O) groups excluding carboxylic acids is 3. The molecule has 4 rings (SSSR count). The van der Waals surface area contributed by atoms with E-state index in [1.807, 2.05) is 24.3 Å². The summed E-state index contributed by atoms with van der Waals surface area (Å²) in [5.41, 5.74) is 8.14. The molecule has 0 saturated heterocycles. The van der Waals surface area contributed by atoms with Crippen molar-refractivity contribution in [1.82, 2.24) is 9.88 Å². The number of hydrogen-bond acceptors (Lipinski definition) is 4. The van der Waals surface area contributed by atoms with E-state index in [-0.39, 0.29) is 11.8 Å². The van der Waals surface area contributed by atoms with E-state index in [1.165, 1.54) is 18.3 Å². The highest BCUT2D eigenvalue weighted by atomic mass is 32.1. The third-order valence-corrected chi connectivity index (χ3v) is 5.94. The Labute approximate surface area is 159 Å². The molecule has 1 aliphatic heterocycles. The highest BCUT2D eigenvalue weighted by molar-refractivity contribution is 7.17. The van der Waals surface area contributed by atoms with Crippen molar-refractivity contribution in [2.75, 3.05) is 11.9 Å². The Bertz CT molecular complexity index is 1080. The summed E-state index contributed by atoms with van der Waals surface area (Å²) < 4.78 is 0. The second kappa shape index (κ2) is 6.55. The molecule has 3 heterocycles. The maximum Gasteiger partial charge on any atom is 0.258 e. The summed E-state index contributed by atoms with van der Waals surface area (Å²) in [5.74, 6) is -0.894. The van der Waals surface area contributed by atoms with Crippen LogP contribution in [0.1, 0.15) is 38.1 Å². The quantitative estimate of drug-likeness (QED) is 0.647. The number of primary amides is 1. The first kappa shape index (κ1) is 17.3. The van der Waals surface area contributed by atoms with Gasteiger partial charge in [0.05, 0.1) is 17.7 Å². The number of nitrogens with two attached hydrogens (primary N) is 1. The smallest absolute Gasteiger partial charge is 0.258 e. The van der Waals surface area contributed by atoms with Crippen LogP contribution >= 0.6 is 11.3 Å². The van der Waals surface area contributed by atoms with Gasteiger partial charge in [0.15, 0.2) is 0 Å². The third-order valence-electron chi connectivity index (χ3n) is 4.81. The van der Waals surface area contributed by atoms with Crippen LogP contribution in [0.15, 0.2) is 30.5 Å². The Balaban J connectivity index is 1.69. The number of hydrogen-bond donors (Lipinski definition) is 3. The first-order valence-electron chi connectivity index (χ1n) is 8.53. The molecule has 1 aromatic carbocycles. The molecule has 1 aliphatic rings. The van der Waals surface area contributed by atoms with E-state index in [1.54, 1.807) is 11.1 Å². The van der Waals surface area contributed by atoms with Gasteiger partial charge in [-0.25, -0.2) is 0 Å². The molecule has 0 atom stereocenters. The minimum Gasteiger partial charge on any atom is -0.365 e. The fourth-order valence-electron chi connectivity index (χ4n) is 3.45. The Morgan fingerprint density at radius 3 is 2.78 bits per heavy atom. The standard InChI is InChI=1S/C19H18N4O3S/c1-10(24)23-7-6-12-15(9-23)27-19(16(12)17(20)25)22-18(26)13-8-21-14-5-3-2-4-11(13)14/h2-5,8,21H,6-7,9H2,1H3,(H2,20,25)(H,22,26). The largest absolute Gasteiger partial charge is 0.365 e. The average Bonchev–Trinajstić information content (AvgIpc) is 3.21. The van der Waals surface area contributed by atoms with Crippen molar-refractivity contribution >= 4 is 45.0 Å². The zero-order chi connectivity index (χ0) is 19.1. The van der Waals surface area contributed by atoms with Crippen LogP contribution in [-0.2, 0) is 17.8 Å². The van der Waals surface area contributed by atoms with Crippen LogP contribution < -0.4 is 11.1 Å². The van der Waals surface area contributed by atoms with Gasteiger partial charge in [-0.1, -0.05) is 18.2 Å². The Morgan fingerprint density at radius 2 is 2.04 bits per heavy atom. The first-order chi connectivity index (χ1) is 13.0. The highest BCUT2D eigenvalue weighted by Crippen LogP contribution is 2.37. The molecule has 3 aromatic rings. The van der Waals surface area contributed by atoms with Crippen molar-refractivity contribution < 1.29 is 14.4 Å². The summed E-state index contributed by atoms with van der Waals surface area (Å²) in [6, 6.07) is 7.50. The van der Waals surface area contributed by atoms with Gasteiger partial charge in [-0.2, -0.15) is 0 Å². The number of nitrogens with one attached hydrogen (secondary N) is 2. The van der Waals surface area contributed by atoms with Crippen LogP contribution in [0.4, 0.5) is 5.00 Å². The van der Waals surface area contributed by atoms with Crippen molar-refractivity contribution in [2.45, 2.75) is 19.9 Å². The Kier molecular flexibility index (Phi) is 4.19. The van der Waals surface area contributed by atoms with E-state index in [0.717, 1.165) is 21.3 Å². The summed E-state index contributed by atoms with van der Waals surface area (Å²) in [5, 5.41) is 4.09. The molecule has 138 valence electrons. The molecule has 0 aliphatic carbocycles. The van der Waals surface area contributed by atoms with Crippen molar-refractivity contribution in [2.24, 2.45) is 5.73 Å². The van der Waals surface area contributed by atoms with Crippen LogP contribution in [0, 0.1) is 0 Å². The van der Waals surface area contributed by atoms with E-state index < -0.39 is 5.91 Å². The van der Waals surface area contributed by atoms with Crippen molar-refractivity contribution in [3.63, 3.8) is 0 Å². The summed E-state index contributed by atoms with van der Waals surface area (Å²) in [6.07, 6.45) is 2.20. The SMILES string of the molecule is CC(=O)N1CCc2c(sc(NC(=O)c3c[nH]c4ccccc34)c2C(N)=O)C1. The topological polar surface area (TPSA) is 108 Å². The van der Waals surface area contributed by atoms with E-state index in [0.29, 0.717) is 35.6 Å². The van der Waals surface area contributed by atoms with Gasteiger partial charge in [0.1, 0.15) is 5.00 Å². The van der Waals surface area contributed by atoms with E-state index >= 15 is 0 Å². The molecule has 0 saturated carbocycles. The van der Waals surface area contributed by atoms with Gasteiger partial charge in [0.2, 0.25) is 5.91 Å². The van der Waals surface area contributed by atoms with Crippen molar-refractivity contribution in [3.05, 3.63) is 52.0 Å². The number of benzene rings is 1. The second-order valence-electron chi connectivity index (χ2n) is 6.46. The second-order valence-corrected chi connectivity index (χ2v) is 7.57. The molecule has 2 aromatic heterocycles. The number of aromatic nitrogens is 1. The number of H-pyrrole nitrogens is 1. The predicted molar refractivity (Wildman–Crippen MR) is 104 cm³/mol. The van der Waals surface area contributed by atoms with Gasteiger partial charge in [-0.3, -0.25) is 14.4 Å². The number of carbonyl (C=O) groups is 3. The summed E-state index contributed by atoms with van der Waals surface area (Å²) in [6.45, 7) is 2.49. The summed E-state index contributed by atoms with van der Waals surface area (Å²) in [7, 11) is 0. The highest BCUT2D eigenvalue weighted by Gasteiger charge is 2.29. The molecule has 7 nitrogen and oxygen atoms in total. The molecule has 0 spiro atoms. The molecule has 0 fully saturated rings. The molecular weight excluding hydrogens is 364 g/mol. The molecule has 27 heavy (non-hydrogen) atoms. The van der Waals surface area contributed by atoms with Crippen LogP contribution in [0.25, 0.3) is 10.9 Å². The predicted octanol–water partition coefficient (Wildman–Crippen LogP) is 2.49. The van der Waals surface area contributed by atoms with Crippen LogP contribution in [0.2, 0.25) is 0 Å². The number of nitrogens with zero attached hydrogens (tertiary/aromatic N) is 1. The van der Waals surface area contributed by atoms with Gasteiger partial charge in [0, 0.05) is 35.4 Å². The zero-order valence-electron chi connectivity index (χ0n) is 14.7. The molecule has 0 unspecified atom stereocenters. The van der Waals surface area contributed by atoms with Gasteiger partial charge >= 0.3 is 0 Å². The molecular formula is C19H18N4O3S. The number of anilines is 1. The lowest BCUT2D eigenvalue weighted by Gasteiger charge is -2.25. The van der Waals surface area contributed by atoms with Crippen LogP contribution in [-0.4, -0.2) is 34.2 Å². The van der Waals surface area contributed by atoms with Crippen molar-refractivity contribution in [3.8, 4) is 0 Å². The van der Waals surface area contributed by atoms with Crippen LogP contribution in [0.5, 0.6) is 0 Å². The lowest BCUT2D eigenvalue weighted by atomic mass is 10.0. The minimum absolute atomic E-state index is 0.0148. The van der Waals surface area contributed by atoms with Gasteiger partial charge in [-0.05, 0) is 18.1 Å². The Hall–Kier alpha value is -3.13. The minimum atomic E-state index is -0.571. The number of amides is 3. The summed E-state index contributed by atoms with van der Waals surface area (Å²) >= 11 is 1.31. The maximum atomic E-state index is 12.8. The summed E-state index contributed by atoms with van der Waals surface area (Å²) in [4.78, 5) is 42.2. The molecule has 4 N–H and O–H groups in total. The van der Waals surface area contributed by atoms with Gasteiger partial charge in [0.25, 0.3) is 11.8 Å². The third kappa shape index (κ3) is 2.97.